The third kappa shape index (κ3) is 4.02. The van der Waals surface area contributed by atoms with Gasteiger partial charge in [0.05, 0.1) is 11.5 Å². The Hall–Kier alpha value is -2.46. The number of hydrogen-bond donors (Lipinski definition) is 1. The van der Waals surface area contributed by atoms with Crippen LogP contribution >= 0.6 is 11.8 Å². The van der Waals surface area contributed by atoms with Crippen LogP contribution in [0.1, 0.15) is 6.92 Å². The Morgan fingerprint density at radius 2 is 1.88 bits per heavy atom. The summed E-state index contributed by atoms with van der Waals surface area (Å²) in [5, 5.41) is 9.00. The maximum atomic E-state index is 12.4. The topological polar surface area (TPSA) is 112 Å². The quantitative estimate of drug-likeness (QED) is 0.379. The van der Waals surface area contributed by atoms with Gasteiger partial charge in [0.1, 0.15) is 30.6 Å². The molecule has 0 bridgehead atoms. The number of aliphatic hydroxyl groups excluding tert-OH is 1. The molecule has 1 saturated heterocycles. The Kier molecular flexibility index (Phi) is 6.70. The first-order chi connectivity index (χ1) is 12.4. The molecule has 26 heavy (non-hydrogen) atoms. The van der Waals surface area contributed by atoms with E-state index in [4.69, 9.17) is 18.9 Å². The first-order valence-corrected chi connectivity index (χ1v) is 8.56. The molecule has 0 aromatic heterocycles. The van der Waals surface area contributed by atoms with E-state index in [1.165, 1.54) is 17.1 Å². The number of amides is 1. The number of carbonyl (C=O) groups is 3. The number of nitrogens with zero attached hydrogens (tertiary/aromatic N) is 1. The summed E-state index contributed by atoms with van der Waals surface area (Å²) in [5.74, 6) is -1.14. The standard InChI is InChI=1S/C16H19NO8S/c1-4-6-22-15(20)24-9(3)11-12(19)17-13(10(8-18)26-14(11)17)25-16(21)23-7-5-2/h4-5,9,11,14,18H,1-2,6-8H2,3H3/t9-,11-,14-/m1/s1. The molecule has 0 radical (unpaired) electrons. The highest BCUT2D eigenvalue weighted by molar-refractivity contribution is 8.04. The largest absolute Gasteiger partial charge is 0.515 e. The maximum Gasteiger partial charge on any atom is 0.515 e. The number of thioether (sulfide) groups is 1. The minimum Gasteiger partial charge on any atom is -0.430 e. The van der Waals surface area contributed by atoms with E-state index < -0.39 is 42.2 Å². The van der Waals surface area contributed by atoms with Crippen molar-refractivity contribution in [2.45, 2.75) is 18.4 Å². The lowest BCUT2D eigenvalue weighted by molar-refractivity contribution is -0.156. The first kappa shape index (κ1) is 19.9. The van der Waals surface area contributed by atoms with Gasteiger partial charge in [-0.25, -0.2) is 9.59 Å². The molecule has 2 aliphatic heterocycles. The highest BCUT2D eigenvalue weighted by Gasteiger charge is 2.58. The van der Waals surface area contributed by atoms with Crippen LogP contribution < -0.4 is 0 Å². The van der Waals surface area contributed by atoms with Gasteiger partial charge in [-0.3, -0.25) is 9.69 Å². The highest BCUT2D eigenvalue weighted by Crippen LogP contribution is 2.50. The Morgan fingerprint density at radius 1 is 1.27 bits per heavy atom. The van der Waals surface area contributed by atoms with Crippen LogP contribution in [0.25, 0.3) is 0 Å². The van der Waals surface area contributed by atoms with Gasteiger partial charge in [-0.1, -0.05) is 37.1 Å². The molecule has 0 unspecified atom stereocenters. The van der Waals surface area contributed by atoms with Gasteiger partial charge in [0.2, 0.25) is 11.8 Å². The predicted octanol–water partition coefficient (Wildman–Crippen LogP) is 1.75. The molecule has 2 rings (SSSR count). The molecular formula is C16H19NO8S. The molecule has 10 heteroatoms. The lowest BCUT2D eigenvalue weighted by atomic mass is 9.93. The van der Waals surface area contributed by atoms with Crippen LogP contribution in [0.5, 0.6) is 0 Å². The van der Waals surface area contributed by atoms with Crippen LogP contribution in [0.15, 0.2) is 36.1 Å². The molecule has 0 spiro atoms. The number of rotatable bonds is 8. The second-order valence-corrected chi connectivity index (χ2v) is 6.46. The summed E-state index contributed by atoms with van der Waals surface area (Å²) in [6, 6.07) is 0. The van der Waals surface area contributed by atoms with Crippen molar-refractivity contribution >= 4 is 30.0 Å². The number of carbonyl (C=O) groups excluding carboxylic acids is 3. The zero-order valence-corrected chi connectivity index (χ0v) is 14.9. The van der Waals surface area contributed by atoms with Crippen LogP contribution in [0.4, 0.5) is 9.59 Å². The van der Waals surface area contributed by atoms with Crippen molar-refractivity contribution in [2.24, 2.45) is 5.92 Å². The first-order valence-electron chi connectivity index (χ1n) is 7.68. The number of aliphatic hydroxyl groups is 1. The van der Waals surface area contributed by atoms with Crippen molar-refractivity contribution in [2.75, 3.05) is 19.8 Å². The number of ether oxygens (including phenoxy) is 4. The number of β-lactam (4-membered cyclic amide) rings is 1. The van der Waals surface area contributed by atoms with E-state index in [9.17, 15) is 19.5 Å². The zero-order chi connectivity index (χ0) is 19.3. The maximum absolute atomic E-state index is 12.4. The SMILES string of the molecule is C=CCOC(=O)OC1=C(CO)S[C@@H]2[C@H]([C@@H](C)OC(=O)OCC=C)C(=O)N12. The molecule has 2 heterocycles. The van der Waals surface area contributed by atoms with Crippen molar-refractivity contribution in [3.63, 3.8) is 0 Å². The Bertz CT molecular complexity index is 646. The fourth-order valence-corrected chi connectivity index (χ4v) is 3.82. The molecule has 9 nitrogen and oxygen atoms in total. The molecule has 3 atom stereocenters. The lowest BCUT2D eigenvalue weighted by Crippen LogP contribution is -2.61. The molecule has 0 saturated carbocycles. The smallest absolute Gasteiger partial charge is 0.430 e. The van der Waals surface area contributed by atoms with E-state index in [-0.39, 0.29) is 19.1 Å². The molecule has 0 aromatic carbocycles. The molecule has 0 aromatic rings. The van der Waals surface area contributed by atoms with E-state index in [0.717, 1.165) is 11.8 Å². The highest BCUT2D eigenvalue weighted by atomic mass is 32.2. The van der Waals surface area contributed by atoms with Crippen LogP contribution in [0.2, 0.25) is 0 Å². The summed E-state index contributed by atoms with van der Waals surface area (Å²) in [6.07, 6.45) is 0.0682. The average molecular weight is 385 g/mol. The van der Waals surface area contributed by atoms with Gasteiger partial charge in [-0.05, 0) is 6.92 Å². The summed E-state index contributed by atoms with van der Waals surface area (Å²) in [6.45, 7) is 7.91. The average Bonchev–Trinajstić information content (AvgIpc) is 2.90. The molecule has 2 aliphatic rings. The Balaban J connectivity index is 2.00. The van der Waals surface area contributed by atoms with Crippen LogP contribution in [-0.4, -0.2) is 59.5 Å². The minimum atomic E-state index is -1.01. The van der Waals surface area contributed by atoms with Crippen molar-refractivity contribution in [3.05, 3.63) is 36.1 Å². The molecule has 142 valence electrons. The van der Waals surface area contributed by atoms with E-state index in [0.29, 0.717) is 4.91 Å². The molecule has 1 fully saturated rings. The molecule has 1 N–H and O–H groups in total. The second kappa shape index (κ2) is 8.77. The van der Waals surface area contributed by atoms with Crippen LogP contribution in [0, 0.1) is 5.92 Å². The summed E-state index contributed by atoms with van der Waals surface area (Å²) in [4.78, 5) is 37.1. The summed E-state index contributed by atoms with van der Waals surface area (Å²) in [7, 11) is 0. The van der Waals surface area contributed by atoms with Gasteiger partial charge in [-0.2, -0.15) is 0 Å². The van der Waals surface area contributed by atoms with E-state index in [2.05, 4.69) is 13.2 Å². The lowest BCUT2D eigenvalue weighted by Gasteiger charge is -2.43. The fourth-order valence-electron chi connectivity index (χ4n) is 2.42. The van der Waals surface area contributed by atoms with Gasteiger partial charge in [0.25, 0.3) is 0 Å². The predicted molar refractivity (Wildman–Crippen MR) is 90.5 cm³/mol. The number of fused-ring (bicyclic) bond motifs is 1. The van der Waals surface area contributed by atoms with Gasteiger partial charge in [0.15, 0.2) is 0 Å². The molecular weight excluding hydrogens is 366 g/mol. The molecule has 1 amide bonds. The van der Waals surface area contributed by atoms with E-state index in [1.807, 2.05) is 0 Å². The third-order valence-corrected chi connectivity index (χ3v) is 4.89. The summed E-state index contributed by atoms with van der Waals surface area (Å²) >= 11 is 1.15. The van der Waals surface area contributed by atoms with E-state index >= 15 is 0 Å². The van der Waals surface area contributed by atoms with Gasteiger partial charge >= 0.3 is 12.3 Å². The normalized spacial score (nSPS) is 22.1. The van der Waals surface area contributed by atoms with Crippen molar-refractivity contribution < 1.29 is 38.4 Å². The second-order valence-electron chi connectivity index (χ2n) is 5.25. The van der Waals surface area contributed by atoms with Gasteiger partial charge < -0.3 is 24.1 Å². The van der Waals surface area contributed by atoms with Crippen LogP contribution in [0.3, 0.4) is 0 Å². The molecule has 0 aliphatic carbocycles. The zero-order valence-electron chi connectivity index (χ0n) is 14.1. The van der Waals surface area contributed by atoms with Crippen molar-refractivity contribution in [3.8, 4) is 0 Å². The fraction of sp³-hybridized carbons (Fsp3) is 0.438. The third-order valence-electron chi connectivity index (χ3n) is 3.55. The van der Waals surface area contributed by atoms with Gasteiger partial charge in [0, 0.05) is 0 Å². The summed E-state index contributed by atoms with van der Waals surface area (Å²) in [5.41, 5.74) is 0. The number of hydrogen-bond acceptors (Lipinski definition) is 9. The summed E-state index contributed by atoms with van der Waals surface area (Å²) < 4.78 is 19.6. The van der Waals surface area contributed by atoms with Crippen LogP contribution in [-0.2, 0) is 23.7 Å². The van der Waals surface area contributed by atoms with E-state index in [1.54, 1.807) is 6.92 Å². The van der Waals surface area contributed by atoms with Crippen molar-refractivity contribution in [1.29, 1.82) is 0 Å². The monoisotopic (exact) mass is 385 g/mol. The van der Waals surface area contributed by atoms with Crippen molar-refractivity contribution in [1.82, 2.24) is 4.90 Å². The van der Waals surface area contributed by atoms with Gasteiger partial charge in [-0.15, -0.1) is 0 Å². The minimum absolute atomic E-state index is 0.00447. The Morgan fingerprint density at radius 3 is 2.46 bits per heavy atom. The Labute approximate surface area is 154 Å².